The van der Waals surface area contributed by atoms with E-state index in [9.17, 15) is 4.39 Å². The first-order valence-corrected chi connectivity index (χ1v) is 6.55. The van der Waals surface area contributed by atoms with Gasteiger partial charge in [-0.3, -0.25) is 5.84 Å². The van der Waals surface area contributed by atoms with Crippen LogP contribution in [-0.2, 0) is 0 Å². The van der Waals surface area contributed by atoms with E-state index in [1.54, 1.807) is 25.3 Å². The molecule has 0 aliphatic carbocycles. The summed E-state index contributed by atoms with van der Waals surface area (Å²) in [6, 6.07) is 10.1. The standard InChI is InChI=1S/C16H19FN2O2/c1-10-7-8-11(14(9-10)21-3)16(19-18)12-5-4-6-13(20-2)15(12)17/h4-9,16,19H,18H2,1-3H3. The molecule has 0 aliphatic heterocycles. The zero-order chi connectivity index (χ0) is 15.4. The summed E-state index contributed by atoms with van der Waals surface area (Å²) in [6.45, 7) is 1.96. The van der Waals surface area contributed by atoms with Crippen LogP contribution >= 0.6 is 0 Å². The molecule has 0 fully saturated rings. The van der Waals surface area contributed by atoms with E-state index < -0.39 is 11.9 Å². The number of methoxy groups -OCH3 is 2. The number of hydrogen-bond donors (Lipinski definition) is 2. The minimum Gasteiger partial charge on any atom is -0.496 e. The third kappa shape index (κ3) is 2.99. The molecule has 1 unspecified atom stereocenters. The Morgan fingerprint density at radius 3 is 2.38 bits per heavy atom. The molecular weight excluding hydrogens is 271 g/mol. The average molecular weight is 290 g/mol. The number of nitrogens with two attached hydrogens (primary N) is 1. The highest BCUT2D eigenvalue weighted by Gasteiger charge is 2.22. The Morgan fingerprint density at radius 1 is 1.05 bits per heavy atom. The predicted octanol–water partition coefficient (Wildman–Crippen LogP) is 2.70. The lowest BCUT2D eigenvalue weighted by Gasteiger charge is -2.21. The molecule has 1 atom stereocenters. The van der Waals surface area contributed by atoms with Crippen LogP contribution in [-0.4, -0.2) is 14.2 Å². The van der Waals surface area contributed by atoms with E-state index in [1.807, 2.05) is 25.1 Å². The van der Waals surface area contributed by atoms with Gasteiger partial charge >= 0.3 is 0 Å². The number of halogens is 1. The summed E-state index contributed by atoms with van der Waals surface area (Å²) in [5, 5.41) is 0. The summed E-state index contributed by atoms with van der Waals surface area (Å²) in [5.41, 5.74) is 4.86. The minimum absolute atomic E-state index is 0.179. The van der Waals surface area contributed by atoms with E-state index in [0.717, 1.165) is 11.1 Å². The SMILES string of the molecule is COc1cc(C)ccc1C(NN)c1cccc(OC)c1F. The van der Waals surface area contributed by atoms with Crippen molar-refractivity contribution in [1.29, 1.82) is 0 Å². The molecule has 21 heavy (non-hydrogen) atoms. The van der Waals surface area contributed by atoms with Gasteiger partial charge in [-0.05, 0) is 24.6 Å². The first kappa shape index (κ1) is 15.3. The number of nitrogens with one attached hydrogen (secondary N) is 1. The average Bonchev–Trinajstić information content (AvgIpc) is 2.50. The molecule has 3 N–H and O–H groups in total. The molecule has 4 nitrogen and oxygen atoms in total. The second-order valence-corrected chi connectivity index (χ2v) is 4.71. The Bertz CT molecular complexity index is 632. The summed E-state index contributed by atoms with van der Waals surface area (Å²) in [7, 11) is 3.01. The minimum atomic E-state index is -0.532. The van der Waals surface area contributed by atoms with Gasteiger partial charge in [-0.2, -0.15) is 0 Å². The maximum Gasteiger partial charge on any atom is 0.170 e. The van der Waals surface area contributed by atoms with Crippen molar-refractivity contribution in [3.8, 4) is 11.5 Å². The van der Waals surface area contributed by atoms with E-state index in [2.05, 4.69) is 5.43 Å². The summed E-state index contributed by atoms with van der Waals surface area (Å²) in [5.74, 6) is 6.04. The van der Waals surface area contributed by atoms with Gasteiger partial charge in [0.25, 0.3) is 0 Å². The molecule has 0 saturated carbocycles. The second kappa shape index (κ2) is 6.56. The van der Waals surface area contributed by atoms with Crippen molar-refractivity contribution in [2.45, 2.75) is 13.0 Å². The summed E-state index contributed by atoms with van der Waals surface area (Å²) >= 11 is 0. The molecule has 0 amide bonds. The van der Waals surface area contributed by atoms with Crippen molar-refractivity contribution in [2.75, 3.05) is 14.2 Å². The van der Waals surface area contributed by atoms with Gasteiger partial charge in [0.15, 0.2) is 11.6 Å². The highest BCUT2D eigenvalue weighted by molar-refractivity contribution is 5.45. The van der Waals surface area contributed by atoms with Crippen molar-refractivity contribution >= 4 is 0 Å². The van der Waals surface area contributed by atoms with Crippen molar-refractivity contribution < 1.29 is 13.9 Å². The number of rotatable bonds is 5. The molecule has 0 bridgehead atoms. The number of aryl methyl sites for hydroxylation is 1. The lowest BCUT2D eigenvalue weighted by Crippen LogP contribution is -2.30. The first-order chi connectivity index (χ1) is 10.1. The van der Waals surface area contributed by atoms with Crippen LogP contribution in [0.4, 0.5) is 4.39 Å². The molecule has 0 radical (unpaired) electrons. The summed E-state index contributed by atoms with van der Waals surface area (Å²) in [6.07, 6.45) is 0. The van der Waals surface area contributed by atoms with E-state index >= 15 is 0 Å². The predicted molar refractivity (Wildman–Crippen MR) is 79.8 cm³/mol. The smallest absolute Gasteiger partial charge is 0.170 e. The molecule has 0 spiro atoms. The fraction of sp³-hybridized carbons (Fsp3) is 0.250. The fourth-order valence-corrected chi connectivity index (χ4v) is 2.31. The molecule has 112 valence electrons. The molecule has 2 aromatic rings. The highest BCUT2D eigenvalue weighted by Crippen LogP contribution is 2.33. The maximum atomic E-state index is 14.4. The van der Waals surface area contributed by atoms with Crippen LogP contribution in [0.2, 0.25) is 0 Å². The van der Waals surface area contributed by atoms with Gasteiger partial charge in [-0.25, -0.2) is 9.82 Å². The van der Waals surface area contributed by atoms with Crippen LogP contribution < -0.4 is 20.7 Å². The normalized spacial score (nSPS) is 12.0. The number of benzene rings is 2. The van der Waals surface area contributed by atoms with Crippen LogP contribution in [0.5, 0.6) is 11.5 Å². The van der Waals surface area contributed by atoms with Gasteiger partial charge in [0.2, 0.25) is 0 Å². The first-order valence-electron chi connectivity index (χ1n) is 6.55. The monoisotopic (exact) mass is 290 g/mol. The van der Waals surface area contributed by atoms with Crippen LogP contribution in [0, 0.1) is 12.7 Å². The van der Waals surface area contributed by atoms with E-state index in [0.29, 0.717) is 11.3 Å². The Morgan fingerprint density at radius 2 is 1.76 bits per heavy atom. The topological polar surface area (TPSA) is 56.5 Å². The van der Waals surface area contributed by atoms with Crippen LogP contribution in [0.1, 0.15) is 22.7 Å². The van der Waals surface area contributed by atoms with Gasteiger partial charge < -0.3 is 9.47 Å². The van der Waals surface area contributed by atoms with Gasteiger partial charge in [0.1, 0.15) is 5.75 Å². The van der Waals surface area contributed by atoms with E-state index in [1.165, 1.54) is 7.11 Å². The Labute approximate surface area is 123 Å². The van der Waals surface area contributed by atoms with Crippen molar-refractivity contribution in [3.63, 3.8) is 0 Å². The number of hydrazine groups is 1. The molecule has 5 heteroatoms. The number of ether oxygens (including phenoxy) is 2. The van der Waals surface area contributed by atoms with Crippen LogP contribution in [0.15, 0.2) is 36.4 Å². The number of hydrogen-bond acceptors (Lipinski definition) is 4. The van der Waals surface area contributed by atoms with Crippen molar-refractivity contribution in [3.05, 3.63) is 58.9 Å². The lowest BCUT2D eigenvalue weighted by atomic mass is 9.96. The lowest BCUT2D eigenvalue weighted by molar-refractivity contribution is 0.379. The Balaban J connectivity index is 2.55. The van der Waals surface area contributed by atoms with Crippen LogP contribution in [0.25, 0.3) is 0 Å². The largest absolute Gasteiger partial charge is 0.496 e. The Hall–Kier alpha value is -2.11. The molecule has 0 heterocycles. The summed E-state index contributed by atoms with van der Waals surface area (Å²) < 4.78 is 24.8. The molecule has 2 aromatic carbocycles. The Kier molecular flexibility index (Phi) is 4.77. The third-order valence-electron chi connectivity index (χ3n) is 3.39. The quantitative estimate of drug-likeness (QED) is 0.656. The van der Waals surface area contributed by atoms with Crippen molar-refractivity contribution in [1.82, 2.24) is 5.43 Å². The van der Waals surface area contributed by atoms with Crippen LogP contribution in [0.3, 0.4) is 0 Å². The fourth-order valence-electron chi connectivity index (χ4n) is 2.31. The summed E-state index contributed by atoms with van der Waals surface area (Å²) in [4.78, 5) is 0. The molecule has 0 aromatic heterocycles. The molecule has 0 aliphatic rings. The van der Waals surface area contributed by atoms with Gasteiger partial charge in [-0.15, -0.1) is 0 Å². The molecule has 0 saturated heterocycles. The zero-order valence-corrected chi connectivity index (χ0v) is 12.3. The third-order valence-corrected chi connectivity index (χ3v) is 3.39. The van der Waals surface area contributed by atoms with E-state index in [4.69, 9.17) is 15.3 Å². The molecule has 2 rings (SSSR count). The maximum absolute atomic E-state index is 14.4. The van der Waals surface area contributed by atoms with Gasteiger partial charge in [0.05, 0.1) is 20.3 Å². The second-order valence-electron chi connectivity index (χ2n) is 4.71. The molecular formula is C16H19FN2O2. The zero-order valence-electron chi connectivity index (χ0n) is 12.3. The van der Waals surface area contributed by atoms with Gasteiger partial charge in [-0.1, -0.05) is 24.3 Å². The highest BCUT2D eigenvalue weighted by atomic mass is 19.1. The van der Waals surface area contributed by atoms with Crippen molar-refractivity contribution in [2.24, 2.45) is 5.84 Å². The van der Waals surface area contributed by atoms with Gasteiger partial charge in [0, 0.05) is 11.1 Å². The van der Waals surface area contributed by atoms with E-state index in [-0.39, 0.29) is 5.75 Å².